The fraction of sp³-hybridized carbons (Fsp3) is 0.450. The van der Waals surface area contributed by atoms with Crippen LogP contribution in [-0.4, -0.2) is 78.5 Å². The Morgan fingerprint density at radius 2 is 1.76 bits per heavy atom. The molecule has 1 amide bonds. The first-order valence-corrected chi connectivity index (χ1v) is 9.92. The molecule has 0 radical (unpaired) electrons. The summed E-state index contributed by atoms with van der Waals surface area (Å²) in [5.41, 5.74) is 0.0318. The number of hydrogen-bond donors (Lipinski definition) is 0. The SMILES string of the molecule is COCCn1nc(C(=O)N2CCN(CCOc3ccc(Cl)cc3)CC2)ccc1=O. The molecule has 0 spiro atoms. The van der Waals surface area contributed by atoms with Crippen molar-refractivity contribution in [3.05, 3.63) is 57.5 Å². The Bertz CT molecular complexity index is 864. The summed E-state index contributed by atoms with van der Waals surface area (Å²) in [6, 6.07) is 10.2. The van der Waals surface area contributed by atoms with Crippen LogP contribution in [0.1, 0.15) is 10.5 Å². The molecule has 8 nitrogen and oxygen atoms in total. The maximum absolute atomic E-state index is 12.7. The van der Waals surface area contributed by atoms with E-state index in [0.29, 0.717) is 37.9 Å². The van der Waals surface area contributed by atoms with Gasteiger partial charge in [0.05, 0.1) is 13.2 Å². The first-order valence-electron chi connectivity index (χ1n) is 9.54. The van der Waals surface area contributed by atoms with Crippen LogP contribution >= 0.6 is 11.6 Å². The first kappa shape index (κ1) is 21.3. The molecule has 0 saturated carbocycles. The molecule has 1 saturated heterocycles. The molecule has 9 heteroatoms. The van der Waals surface area contributed by atoms with Crippen molar-refractivity contribution in [3.8, 4) is 5.75 Å². The van der Waals surface area contributed by atoms with E-state index in [4.69, 9.17) is 21.1 Å². The predicted octanol–water partition coefficient (Wildman–Crippen LogP) is 1.38. The minimum Gasteiger partial charge on any atom is -0.492 e. The molecule has 0 bridgehead atoms. The van der Waals surface area contributed by atoms with E-state index < -0.39 is 0 Å². The third-order valence-corrected chi connectivity index (χ3v) is 4.99. The van der Waals surface area contributed by atoms with Gasteiger partial charge in [-0.3, -0.25) is 14.5 Å². The second kappa shape index (κ2) is 10.4. The molecule has 0 aliphatic carbocycles. The topological polar surface area (TPSA) is 76.9 Å². The number of amides is 1. The highest BCUT2D eigenvalue weighted by Crippen LogP contribution is 2.15. The number of nitrogens with zero attached hydrogens (tertiary/aromatic N) is 4. The van der Waals surface area contributed by atoms with Gasteiger partial charge in [0.25, 0.3) is 11.5 Å². The van der Waals surface area contributed by atoms with Gasteiger partial charge in [-0.15, -0.1) is 0 Å². The molecule has 0 unspecified atom stereocenters. The zero-order chi connectivity index (χ0) is 20.6. The number of piperazine rings is 1. The molecule has 2 heterocycles. The summed E-state index contributed by atoms with van der Waals surface area (Å²) < 4.78 is 12.0. The lowest BCUT2D eigenvalue weighted by Crippen LogP contribution is -2.49. The number of methoxy groups -OCH3 is 1. The fourth-order valence-electron chi connectivity index (χ4n) is 3.06. The van der Waals surface area contributed by atoms with Gasteiger partial charge in [0.1, 0.15) is 18.1 Å². The third kappa shape index (κ3) is 6.03. The lowest BCUT2D eigenvalue weighted by molar-refractivity contribution is 0.0611. The Kier molecular flexibility index (Phi) is 7.62. The summed E-state index contributed by atoms with van der Waals surface area (Å²) >= 11 is 5.87. The maximum atomic E-state index is 12.7. The van der Waals surface area contributed by atoms with Crippen LogP contribution in [0, 0.1) is 0 Å². The van der Waals surface area contributed by atoms with Crippen molar-refractivity contribution >= 4 is 17.5 Å². The lowest BCUT2D eigenvalue weighted by Gasteiger charge is -2.34. The number of rotatable bonds is 8. The van der Waals surface area contributed by atoms with Gasteiger partial charge < -0.3 is 14.4 Å². The average molecular weight is 421 g/mol. The van der Waals surface area contributed by atoms with Gasteiger partial charge in [-0.25, -0.2) is 4.68 Å². The van der Waals surface area contributed by atoms with Gasteiger partial charge in [0.2, 0.25) is 0 Å². The molecule has 1 aliphatic heterocycles. The van der Waals surface area contributed by atoms with Crippen LogP contribution in [0.4, 0.5) is 0 Å². The van der Waals surface area contributed by atoms with Crippen LogP contribution in [0.3, 0.4) is 0 Å². The number of aromatic nitrogens is 2. The molecule has 2 aromatic rings. The first-order chi connectivity index (χ1) is 14.1. The van der Waals surface area contributed by atoms with E-state index in [2.05, 4.69) is 10.00 Å². The number of ether oxygens (including phenoxy) is 2. The molecule has 3 rings (SSSR count). The number of halogens is 1. The monoisotopic (exact) mass is 420 g/mol. The normalized spacial score (nSPS) is 14.8. The van der Waals surface area contributed by atoms with Crippen LogP contribution < -0.4 is 10.3 Å². The highest BCUT2D eigenvalue weighted by molar-refractivity contribution is 6.30. The molecule has 1 aromatic carbocycles. The van der Waals surface area contributed by atoms with Crippen molar-refractivity contribution in [1.82, 2.24) is 19.6 Å². The second-order valence-electron chi connectivity index (χ2n) is 6.71. The average Bonchev–Trinajstić information content (AvgIpc) is 2.74. The standard InChI is InChI=1S/C20H25ClN4O4/c1-28-14-13-25-19(26)7-6-18(22-25)20(27)24-10-8-23(9-11-24)12-15-29-17-4-2-16(21)3-5-17/h2-7H,8-15H2,1H3. The smallest absolute Gasteiger partial charge is 0.274 e. The van der Waals surface area contributed by atoms with Gasteiger partial charge in [-0.1, -0.05) is 11.6 Å². The summed E-state index contributed by atoms with van der Waals surface area (Å²) in [7, 11) is 1.56. The van der Waals surface area contributed by atoms with Gasteiger partial charge in [-0.2, -0.15) is 5.10 Å². The highest BCUT2D eigenvalue weighted by Gasteiger charge is 2.23. The minimum absolute atomic E-state index is 0.159. The largest absolute Gasteiger partial charge is 0.492 e. The molecule has 1 fully saturated rings. The van der Waals surface area contributed by atoms with Crippen molar-refractivity contribution in [2.45, 2.75) is 6.54 Å². The van der Waals surface area contributed by atoms with E-state index in [1.54, 1.807) is 24.1 Å². The van der Waals surface area contributed by atoms with E-state index >= 15 is 0 Å². The van der Waals surface area contributed by atoms with Gasteiger partial charge in [0, 0.05) is 50.9 Å². The van der Waals surface area contributed by atoms with E-state index in [9.17, 15) is 9.59 Å². The molecule has 1 aliphatic rings. The van der Waals surface area contributed by atoms with Gasteiger partial charge in [0.15, 0.2) is 0 Å². The maximum Gasteiger partial charge on any atom is 0.274 e. The van der Waals surface area contributed by atoms with Crippen LogP contribution in [0.5, 0.6) is 5.75 Å². The number of carbonyl (C=O) groups excluding carboxylic acids is 1. The molecule has 0 N–H and O–H groups in total. The zero-order valence-electron chi connectivity index (χ0n) is 16.4. The quantitative estimate of drug-likeness (QED) is 0.642. The zero-order valence-corrected chi connectivity index (χ0v) is 17.2. The minimum atomic E-state index is -0.246. The third-order valence-electron chi connectivity index (χ3n) is 4.74. The summed E-state index contributed by atoms with van der Waals surface area (Å²) in [5.74, 6) is 0.631. The molecule has 29 heavy (non-hydrogen) atoms. The van der Waals surface area contributed by atoms with Gasteiger partial charge in [-0.05, 0) is 30.3 Å². The summed E-state index contributed by atoms with van der Waals surface area (Å²) in [6.07, 6.45) is 0. The van der Waals surface area contributed by atoms with Crippen molar-refractivity contribution in [1.29, 1.82) is 0 Å². The predicted molar refractivity (Wildman–Crippen MR) is 110 cm³/mol. The Morgan fingerprint density at radius 1 is 1.03 bits per heavy atom. The van der Waals surface area contributed by atoms with E-state index in [-0.39, 0.29) is 17.2 Å². The Labute approximate surface area is 174 Å². The number of hydrogen-bond acceptors (Lipinski definition) is 6. The number of benzene rings is 1. The Morgan fingerprint density at radius 3 is 2.45 bits per heavy atom. The Hall–Kier alpha value is -2.42. The Balaban J connectivity index is 1.46. The molecule has 156 valence electrons. The van der Waals surface area contributed by atoms with E-state index in [1.165, 1.54) is 16.8 Å². The van der Waals surface area contributed by atoms with Crippen LogP contribution in [-0.2, 0) is 11.3 Å². The van der Waals surface area contributed by atoms with Crippen molar-refractivity contribution < 1.29 is 14.3 Å². The molecular formula is C20H25ClN4O4. The number of carbonyl (C=O) groups is 1. The molecule has 1 aromatic heterocycles. The van der Waals surface area contributed by atoms with E-state index in [1.807, 2.05) is 12.1 Å². The summed E-state index contributed by atoms with van der Waals surface area (Å²) in [5, 5.41) is 4.87. The van der Waals surface area contributed by atoms with Crippen molar-refractivity contribution in [3.63, 3.8) is 0 Å². The van der Waals surface area contributed by atoms with Crippen molar-refractivity contribution in [2.24, 2.45) is 0 Å². The van der Waals surface area contributed by atoms with Crippen molar-refractivity contribution in [2.75, 3.05) is 53.0 Å². The highest BCUT2D eigenvalue weighted by atomic mass is 35.5. The lowest BCUT2D eigenvalue weighted by atomic mass is 10.2. The summed E-state index contributed by atoms with van der Waals surface area (Å²) in [6.45, 7) is 4.78. The van der Waals surface area contributed by atoms with Gasteiger partial charge >= 0.3 is 0 Å². The molecule has 0 atom stereocenters. The summed E-state index contributed by atoms with van der Waals surface area (Å²) in [4.78, 5) is 28.6. The second-order valence-corrected chi connectivity index (χ2v) is 7.15. The van der Waals surface area contributed by atoms with Crippen LogP contribution in [0.15, 0.2) is 41.2 Å². The van der Waals surface area contributed by atoms with Crippen LogP contribution in [0.2, 0.25) is 5.02 Å². The molecular weight excluding hydrogens is 396 g/mol. The van der Waals surface area contributed by atoms with Crippen LogP contribution in [0.25, 0.3) is 0 Å². The van der Waals surface area contributed by atoms with E-state index in [0.717, 1.165) is 25.4 Å². The fourth-order valence-corrected chi connectivity index (χ4v) is 3.19.